The molecule has 0 saturated carbocycles. The van der Waals surface area contributed by atoms with Crippen LogP contribution in [-0.4, -0.2) is 62.9 Å². The predicted molar refractivity (Wildman–Crippen MR) is 474 cm³/mol. The number of H-pyrrole nitrogens is 1. The Morgan fingerprint density at radius 2 is 0.492 bits per heavy atom. The number of hydrogen-bond donors (Lipinski definition) is 1. The third kappa shape index (κ3) is 19.4. The maximum Gasteiger partial charge on any atom is 2.00 e. The summed E-state index contributed by atoms with van der Waals surface area (Å²) >= 11 is 0. The van der Waals surface area contributed by atoms with Gasteiger partial charge in [-0.25, -0.2) is 93.0 Å². The summed E-state index contributed by atoms with van der Waals surface area (Å²) in [5.41, 5.74) is 23.7. The Kier molecular flexibility index (Phi) is 39.6. The van der Waals surface area contributed by atoms with Gasteiger partial charge >= 0.3 is 17.1 Å². The Balaban J connectivity index is 0.000000330. The van der Waals surface area contributed by atoms with Crippen molar-refractivity contribution in [1.82, 2.24) is 61.5 Å². The van der Waals surface area contributed by atoms with Crippen molar-refractivity contribution >= 4 is 80.1 Å². The topological polar surface area (TPSA) is 165 Å². The number of aromatic nitrogens is 21. The predicted octanol–water partition coefficient (Wildman–Crippen LogP) is -12.9. The van der Waals surface area contributed by atoms with Gasteiger partial charge in [0.05, 0.1) is 195 Å². The number of nitrogens with zero attached hydrogens (tertiary/aromatic N) is 22. The van der Waals surface area contributed by atoms with Crippen LogP contribution in [0.25, 0.3) is 114 Å². The van der Waals surface area contributed by atoms with Gasteiger partial charge in [0.25, 0.3) is 46.6 Å². The van der Waals surface area contributed by atoms with Gasteiger partial charge in [0.15, 0.2) is 0 Å². The second-order valence-corrected chi connectivity index (χ2v) is 30.7. The molecule has 5 aliphatic heterocycles. The van der Waals surface area contributed by atoms with E-state index < -0.39 is 0 Å². The van der Waals surface area contributed by atoms with Crippen LogP contribution >= 0.6 is 0 Å². The molecule has 12 aromatic rings. The Morgan fingerprint density at radius 3 is 0.715 bits per heavy atom. The summed E-state index contributed by atoms with van der Waals surface area (Å²) in [6.07, 6.45) is 58.0. The number of aryl methyl sites for hydroxylation is 16. The van der Waals surface area contributed by atoms with Gasteiger partial charge in [-0.05, 0) is 189 Å². The fourth-order valence-electron chi connectivity index (χ4n) is 18.5. The second kappa shape index (κ2) is 47.2. The minimum absolute atomic E-state index is 0. The maximum absolute atomic E-state index is 5.67. The van der Waals surface area contributed by atoms with E-state index in [0.29, 0.717) is 0 Å². The van der Waals surface area contributed by atoms with Crippen LogP contribution in [0.15, 0.2) is 205 Å². The molecule has 0 aromatic carbocycles. The molecule has 18 rings (SSSR count). The van der Waals surface area contributed by atoms with Crippen LogP contribution in [0.1, 0.15) is 175 Å². The summed E-state index contributed by atoms with van der Waals surface area (Å²) in [7, 11) is 0. The first-order valence-electron chi connectivity index (χ1n) is 43.9. The van der Waals surface area contributed by atoms with E-state index in [1.165, 1.54) is 33.9 Å². The normalized spacial score (nSPS) is 13.2. The zero-order valence-electron chi connectivity index (χ0n) is 76.6. The number of fused-ring (bicyclic) bond motifs is 14. The summed E-state index contributed by atoms with van der Waals surface area (Å²) in [5, 5.41) is 0. The largest absolute Gasteiger partial charge is 2.00 e. The Hall–Kier alpha value is -8.03. The van der Waals surface area contributed by atoms with E-state index in [2.05, 4.69) is 385 Å². The van der Waals surface area contributed by atoms with Gasteiger partial charge in [-0.3, -0.25) is 0 Å². The summed E-state index contributed by atoms with van der Waals surface area (Å²) in [6.45, 7) is 48.5. The molecule has 17 heterocycles. The van der Waals surface area contributed by atoms with Crippen LogP contribution in [0.3, 0.4) is 0 Å². The number of halogens is 9. The molecule has 689 valence electrons. The third-order valence-corrected chi connectivity index (χ3v) is 24.7. The molecule has 130 heavy (non-hydrogen) atoms. The number of hydrogen-bond acceptors (Lipinski definition) is 4. The van der Waals surface area contributed by atoms with Crippen LogP contribution in [0.4, 0.5) is 0 Å². The minimum atomic E-state index is 0. The molecule has 6 aliphatic rings. The molecule has 16 bridgehead atoms. The molecule has 0 spiro atoms. The molecule has 0 amide bonds. The fourth-order valence-corrected chi connectivity index (χ4v) is 18.5. The van der Waals surface area contributed by atoms with Gasteiger partial charge in [-0.15, -0.1) is 22.1 Å². The van der Waals surface area contributed by atoms with Crippen molar-refractivity contribution in [2.75, 3.05) is 0 Å². The van der Waals surface area contributed by atoms with E-state index in [4.69, 9.17) is 29.9 Å². The molecule has 1 radical (unpaired) electrons. The average Bonchev–Trinajstić information content (AvgIpc) is 1.59. The van der Waals surface area contributed by atoms with E-state index in [1.54, 1.807) is 0 Å². The van der Waals surface area contributed by atoms with Gasteiger partial charge < -0.3 is 173 Å². The van der Waals surface area contributed by atoms with Gasteiger partial charge in [0, 0.05) is 0 Å². The van der Waals surface area contributed by atoms with Gasteiger partial charge in [0.1, 0.15) is 110 Å². The van der Waals surface area contributed by atoms with E-state index in [9.17, 15) is 0 Å². The molecular formula is C97H115Cl5I4MnN23-. The molecule has 1 aliphatic carbocycles. The molecular weight excluding hydrogens is 2230 g/mol. The smallest absolute Gasteiger partial charge is 1.00 e. The number of rotatable bonds is 24. The quantitative estimate of drug-likeness (QED) is 0.0362. The number of allylic oxidation sites excluding steroid dienone is 10. The summed E-state index contributed by atoms with van der Waals surface area (Å²) in [5.74, 6) is 8.90. The maximum atomic E-state index is 5.67. The van der Waals surface area contributed by atoms with E-state index in [-0.39, 0.29) is 175 Å². The molecule has 0 saturated heterocycles. The van der Waals surface area contributed by atoms with Crippen molar-refractivity contribution < 1.29 is 212 Å². The molecule has 0 fully saturated rings. The third-order valence-electron chi connectivity index (χ3n) is 24.7. The van der Waals surface area contributed by atoms with Crippen molar-refractivity contribution in [2.45, 2.75) is 222 Å². The van der Waals surface area contributed by atoms with E-state index >= 15 is 0 Å². The van der Waals surface area contributed by atoms with Gasteiger partial charge in [-0.2, -0.15) is 0 Å². The Bertz CT molecular complexity index is 5900. The monoisotopic (exact) mass is 2340 g/mol. The van der Waals surface area contributed by atoms with Crippen LogP contribution in [-0.2, 0) is 122 Å². The first kappa shape index (κ1) is 109. The number of aromatic amines is 1. The van der Waals surface area contributed by atoms with Crippen LogP contribution < -0.4 is 204 Å². The molecule has 12 aromatic heterocycles. The molecule has 0 atom stereocenters. The standard InChI is InChI=1S/C49H58N11.C48H56N12.5ClH.4HI.Mn/c1-9-53-25-26-54(10-2)46(53)42-34-17-18-35(33-34)43(47-55(11-3)27-28-56(47)12-4)37-20-22-39(51-37)45(49-59(15-7)31-32-60(49)16-8)41-24-23-40(52-41)44(38-21-19-36(42)50-38)48-57(13-5)29-30-58(48)14-6;1-9-53-25-26-54(10-2)45(53)41-33-17-19-35(49-33)42(46-55(11-3)27-28-56(46)12-4)37-21-23-39(51-37)44(48-59(15-7)31-32-60(48)16-8)40-24-22-38(52-40)43(36-20-18-34(41)50-36)47-57(13-5)29-30-58(47)14-6;;;;;;;;;;/h17-32H,9-16,33H2,1-8H3;17-32H,9-16H2,1-8H3;9*1H;/q+3;+2;;;;;;;;;;+2/p-8. The molecule has 1 N–H and O–H groups in total. The first-order valence-corrected chi connectivity index (χ1v) is 43.9. The SMILES string of the molecule is CCn1cc[n+](CC)c1-c1c2nc(c(-c3n(CC)cc[n+]3CC)c3ccc([n-]3)c(-c3n(CC)cc[n+]3CC)c3nc(c(-c4n(CC)cc[n+]4CC)c4ccc1[n-]4)C=C3)C=C2.CCn1cc[n+](CC)c1C1=C2C=CC(=C(c3n(CC)cc[n+]3CC)C3=NC(=C(c4n(CC)cc[n+]4CC)c4ccc([nH]4)C(c4n(CC)cc[n+]4CC)=C4C=CC1=N4)C=C3)C2.[Cl-].[Cl-].[Cl-].[Cl-].[Cl-].[I-].[I-].[I-].[I-].[Mn+2]. The average molecular weight is 2340 g/mol. The van der Waals surface area contributed by atoms with Crippen molar-refractivity contribution in [1.29, 1.82) is 0 Å². The number of nitrogens with one attached hydrogen (secondary N) is 1. The van der Waals surface area contributed by atoms with E-state index in [0.717, 1.165) is 259 Å². The summed E-state index contributed by atoms with van der Waals surface area (Å²) < 4.78 is 37.3. The Morgan fingerprint density at radius 1 is 0.277 bits per heavy atom. The Labute approximate surface area is 873 Å². The van der Waals surface area contributed by atoms with Gasteiger partial charge in [0.2, 0.25) is 0 Å². The summed E-state index contributed by atoms with van der Waals surface area (Å²) in [4.78, 5) is 37.7. The van der Waals surface area contributed by atoms with Crippen molar-refractivity contribution in [3.63, 3.8) is 0 Å². The van der Waals surface area contributed by atoms with Crippen molar-refractivity contribution in [3.8, 4) is 45.6 Å². The van der Waals surface area contributed by atoms with Crippen molar-refractivity contribution in [3.05, 3.63) is 252 Å². The zero-order chi connectivity index (χ0) is 83.3. The van der Waals surface area contributed by atoms with Crippen molar-refractivity contribution in [2.24, 2.45) is 9.98 Å². The number of aliphatic imine (C=N–C) groups is 2. The molecule has 23 nitrogen and oxygen atoms in total. The first-order chi connectivity index (χ1) is 58.8. The van der Waals surface area contributed by atoms with Gasteiger partial charge in [-0.1, -0.05) is 36.4 Å². The van der Waals surface area contributed by atoms with Crippen LogP contribution in [0.2, 0.25) is 0 Å². The van der Waals surface area contributed by atoms with Crippen LogP contribution in [0.5, 0.6) is 0 Å². The zero-order valence-corrected chi connectivity index (χ0v) is 90.2. The minimum Gasteiger partial charge on any atom is -1.00 e. The summed E-state index contributed by atoms with van der Waals surface area (Å²) in [6, 6.07) is 13.2. The second-order valence-electron chi connectivity index (χ2n) is 30.7. The fraction of sp³-hybridized carbons (Fsp3) is 0.340. The molecule has 33 heteroatoms. The van der Waals surface area contributed by atoms with Crippen LogP contribution in [0, 0.1) is 0 Å². The molecule has 0 unspecified atom stereocenters. The number of imidazole rings is 8. The van der Waals surface area contributed by atoms with E-state index in [1.807, 2.05) is 0 Å².